The number of nitrogens with one attached hydrogen (secondary N) is 2. The third-order valence-electron chi connectivity index (χ3n) is 4.85. The number of hydrogen-bond donors (Lipinski definition) is 2. The molecule has 0 atom stereocenters. The normalized spacial score (nSPS) is 11.1. The molecule has 30 heavy (non-hydrogen) atoms. The minimum Gasteiger partial charge on any atom is -0.316 e. The summed E-state index contributed by atoms with van der Waals surface area (Å²) in [6.07, 6.45) is 5.79. The first-order valence-corrected chi connectivity index (χ1v) is 10.2. The second-order valence-electron chi connectivity index (χ2n) is 7.03. The van der Waals surface area contributed by atoms with Gasteiger partial charge in [-0.1, -0.05) is 18.2 Å². The number of benzene rings is 2. The van der Waals surface area contributed by atoms with Crippen LogP contribution < -0.4 is 5.32 Å². The van der Waals surface area contributed by atoms with Crippen LogP contribution in [0.25, 0.3) is 27.8 Å². The Morgan fingerprint density at radius 2 is 2.00 bits per heavy atom. The van der Waals surface area contributed by atoms with E-state index in [0.29, 0.717) is 6.42 Å². The van der Waals surface area contributed by atoms with Crippen molar-refractivity contribution in [1.29, 1.82) is 0 Å². The fraction of sp³-hybridized carbons (Fsp3) is 0.0909. The number of rotatable bonds is 5. The van der Waals surface area contributed by atoms with E-state index in [0.717, 1.165) is 44.1 Å². The van der Waals surface area contributed by atoms with E-state index in [1.54, 1.807) is 6.20 Å². The molecular weight excluding hydrogens is 396 g/mol. The zero-order chi connectivity index (χ0) is 20.5. The zero-order valence-corrected chi connectivity index (χ0v) is 17.0. The Balaban J connectivity index is 1.33. The summed E-state index contributed by atoms with van der Waals surface area (Å²) in [7, 11) is 0. The SMILES string of the molecule is Cc1cc(NC(=O)Cc2ccc(-n3cnc4cc(-c5cn[nH]c5)ccc43)cc2)sn1. The Morgan fingerprint density at radius 1 is 1.13 bits per heavy atom. The van der Waals surface area contributed by atoms with Gasteiger partial charge in [0.25, 0.3) is 0 Å². The van der Waals surface area contributed by atoms with Gasteiger partial charge in [-0.2, -0.15) is 9.47 Å². The van der Waals surface area contributed by atoms with Crippen LogP contribution in [0.3, 0.4) is 0 Å². The van der Waals surface area contributed by atoms with E-state index >= 15 is 0 Å². The highest BCUT2D eigenvalue weighted by molar-refractivity contribution is 7.10. The van der Waals surface area contributed by atoms with Crippen molar-refractivity contribution in [3.05, 3.63) is 78.5 Å². The van der Waals surface area contributed by atoms with E-state index in [-0.39, 0.29) is 5.91 Å². The fourth-order valence-electron chi connectivity index (χ4n) is 3.37. The monoisotopic (exact) mass is 414 g/mol. The van der Waals surface area contributed by atoms with E-state index in [2.05, 4.69) is 43.1 Å². The van der Waals surface area contributed by atoms with Crippen molar-refractivity contribution in [1.82, 2.24) is 24.1 Å². The Labute approximate surface area is 176 Å². The van der Waals surface area contributed by atoms with Gasteiger partial charge in [-0.3, -0.25) is 14.5 Å². The first-order valence-electron chi connectivity index (χ1n) is 9.44. The molecule has 0 fully saturated rings. The van der Waals surface area contributed by atoms with Crippen molar-refractivity contribution >= 4 is 33.5 Å². The summed E-state index contributed by atoms with van der Waals surface area (Å²) in [6.45, 7) is 1.91. The van der Waals surface area contributed by atoms with E-state index in [4.69, 9.17) is 0 Å². The van der Waals surface area contributed by atoms with E-state index in [9.17, 15) is 4.79 Å². The van der Waals surface area contributed by atoms with Gasteiger partial charge in [0.2, 0.25) is 5.91 Å². The molecule has 0 aliphatic carbocycles. The van der Waals surface area contributed by atoms with Crippen LogP contribution in [0, 0.1) is 6.92 Å². The van der Waals surface area contributed by atoms with Gasteiger partial charge in [-0.25, -0.2) is 4.98 Å². The molecule has 3 heterocycles. The maximum Gasteiger partial charge on any atom is 0.229 e. The van der Waals surface area contributed by atoms with Crippen LogP contribution in [0.15, 0.2) is 67.3 Å². The molecule has 0 spiro atoms. The van der Waals surface area contributed by atoms with Crippen LogP contribution in [-0.2, 0) is 11.2 Å². The lowest BCUT2D eigenvalue weighted by molar-refractivity contribution is -0.115. The standard InChI is InChI=1S/C22H18N6OS/c1-14-8-22(30-27-14)26-21(29)9-15-2-5-18(6-3-15)28-13-23-19-10-16(4-7-20(19)28)17-11-24-25-12-17/h2-8,10-13H,9H2,1H3,(H,24,25)(H,26,29). The van der Waals surface area contributed by atoms with E-state index < -0.39 is 0 Å². The predicted molar refractivity (Wildman–Crippen MR) is 118 cm³/mol. The zero-order valence-electron chi connectivity index (χ0n) is 16.2. The largest absolute Gasteiger partial charge is 0.316 e. The molecule has 0 radical (unpaired) electrons. The third kappa shape index (κ3) is 3.60. The maximum absolute atomic E-state index is 12.3. The number of carbonyl (C=O) groups is 1. The summed E-state index contributed by atoms with van der Waals surface area (Å²) in [5.41, 5.74) is 6.89. The van der Waals surface area contributed by atoms with Crippen molar-refractivity contribution in [3.63, 3.8) is 0 Å². The molecule has 0 unspecified atom stereocenters. The molecule has 0 saturated heterocycles. The molecule has 5 aromatic rings. The van der Waals surface area contributed by atoms with Crippen LogP contribution in [0.1, 0.15) is 11.3 Å². The minimum atomic E-state index is -0.0498. The fourth-order valence-corrected chi connectivity index (χ4v) is 4.05. The second kappa shape index (κ2) is 7.57. The summed E-state index contributed by atoms with van der Waals surface area (Å²) in [5, 5.41) is 10.5. The molecule has 7 nitrogen and oxygen atoms in total. The van der Waals surface area contributed by atoms with Crippen LogP contribution in [0.5, 0.6) is 0 Å². The van der Waals surface area contributed by atoms with Crippen molar-refractivity contribution in [2.75, 3.05) is 5.32 Å². The molecule has 148 valence electrons. The average molecular weight is 414 g/mol. The number of nitrogens with zero attached hydrogens (tertiary/aromatic N) is 4. The first-order chi connectivity index (χ1) is 14.7. The predicted octanol–water partition coefficient (Wildman–Crippen LogP) is 4.36. The highest BCUT2D eigenvalue weighted by Gasteiger charge is 2.09. The summed E-state index contributed by atoms with van der Waals surface area (Å²) in [4.78, 5) is 16.8. The van der Waals surface area contributed by atoms with Gasteiger partial charge in [0.1, 0.15) is 11.3 Å². The number of aromatic nitrogens is 5. The van der Waals surface area contributed by atoms with Gasteiger partial charge >= 0.3 is 0 Å². The van der Waals surface area contributed by atoms with E-state index in [1.165, 1.54) is 11.5 Å². The molecule has 1 amide bonds. The summed E-state index contributed by atoms with van der Waals surface area (Å²) in [5.74, 6) is -0.0498. The number of anilines is 1. The van der Waals surface area contributed by atoms with E-state index in [1.807, 2.05) is 54.3 Å². The topological polar surface area (TPSA) is 88.5 Å². The van der Waals surface area contributed by atoms with Crippen LogP contribution in [-0.4, -0.2) is 30.0 Å². The molecule has 3 aromatic heterocycles. The molecule has 0 aliphatic rings. The Bertz CT molecular complexity index is 1320. The highest BCUT2D eigenvalue weighted by atomic mass is 32.1. The second-order valence-corrected chi connectivity index (χ2v) is 7.83. The quantitative estimate of drug-likeness (QED) is 0.447. The number of amides is 1. The van der Waals surface area contributed by atoms with Crippen LogP contribution in [0.4, 0.5) is 5.00 Å². The summed E-state index contributed by atoms with van der Waals surface area (Å²) in [6, 6.07) is 16.0. The average Bonchev–Trinajstić information content (AvgIpc) is 3.49. The highest BCUT2D eigenvalue weighted by Crippen LogP contribution is 2.25. The van der Waals surface area contributed by atoms with Crippen molar-refractivity contribution < 1.29 is 4.79 Å². The maximum atomic E-state index is 12.3. The third-order valence-corrected chi connectivity index (χ3v) is 5.64. The van der Waals surface area contributed by atoms with Crippen LogP contribution >= 0.6 is 11.5 Å². The smallest absolute Gasteiger partial charge is 0.229 e. The van der Waals surface area contributed by atoms with Crippen LogP contribution in [0.2, 0.25) is 0 Å². The number of hydrogen-bond acceptors (Lipinski definition) is 5. The van der Waals surface area contributed by atoms with Crippen molar-refractivity contribution in [2.24, 2.45) is 0 Å². The minimum absolute atomic E-state index is 0.0498. The first kappa shape index (κ1) is 18.3. The number of H-pyrrole nitrogens is 1. The molecule has 0 aliphatic heterocycles. The van der Waals surface area contributed by atoms with Gasteiger partial charge in [-0.05, 0) is 59.9 Å². The van der Waals surface area contributed by atoms with Gasteiger partial charge < -0.3 is 5.32 Å². The molecule has 0 bridgehead atoms. The lowest BCUT2D eigenvalue weighted by Gasteiger charge is -2.07. The Kier molecular flexibility index (Phi) is 4.61. The number of imidazole rings is 1. The Morgan fingerprint density at radius 3 is 2.73 bits per heavy atom. The summed E-state index contributed by atoms with van der Waals surface area (Å²) < 4.78 is 6.22. The van der Waals surface area contributed by atoms with Gasteiger partial charge in [0.05, 0.1) is 29.3 Å². The number of aryl methyl sites for hydroxylation is 1. The van der Waals surface area contributed by atoms with Crippen molar-refractivity contribution in [3.8, 4) is 16.8 Å². The van der Waals surface area contributed by atoms with Gasteiger partial charge in [0.15, 0.2) is 0 Å². The van der Waals surface area contributed by atoms with Crippen molar-refractivity contribution in [2.45, 2.75) is 13.3 Å². The molecule has 5 rings (SSSR count). The number of aromatic amines is 1. The lowest BCUT2D eigenvalue weighted by Crippen LogP contribution is -2.13. The Hall–Kier alpha value is -3.78. The molecule has 8 heteroatoms. The molecule has 2 N–H and O–H groups in total. The molecular formula is C22H18N6OS. The number of fused-ring (bicyclic) bond motifs is 1. The van der Waals surface area contributed by atoms with Gasteiger partial charge in [0, 0.05) is 17.4 Å². The van der Waals surface area contributed by atoms with Gasteiger partial charge in [-0.15, -0.1) is 0 Å². The molecule has 2 aromatic carbocycles. The molecule has 0 saturated carbocycles. The summed E-state index contributed by atoms with van der Waals surface area (Å²) >= 11 is 1.29. The number of carbonyl (C=O) groups excluding carboxylic acids is 1. The lowest BCUT2D eigenvalue weighted by atomic mass is 10.1.